The number of rotatable bonds is 6. The molecule has 2 heterocycles. The summed E-state index contributed by atoms with van der Waals surface area (Å²) in [6.45, 7) is 16.2. The van der Waals surface area contributed by atoms with Crippen molar-refractivity contribution in [2.75, 3.05) is 6.61 Å². The molecule has 0 bridgehead atoms. The van der Waals surface area contributed by atoms with Crippen molar-refractivity contribution in [1.82, 2.24) is 0 Å². The SMILES string of the molecule is C=CCOc1c(-c2ccccc2)cc(C)cc1[Si](C)(C)C1=c2sc(C)cc2=C2C=C(C)SC21. The van der Waals surface area contributed by atoms with E-state index < -0.39 is 8.07 Å². The van der Waals surface area contributed by atoms with Crippen molar-refractivity contribution in [3.8, 4) is 16.9 Å². The number of ether oxygens (including phenoxy) is 1. The maximum atomic E-state index is 6.48. The molecule has 4 heteroatoms. The molecule has 2 aliphatic rings. The van der Waals surface area contributed by atoms with Crippen LogP contribution in [0.4, 0.5) is 0 Å². The summed E-state index contributed by atoms with van der Waals surface area (Å²) in [5, 5.41) is 4.95. The number of allylic oxidation sites excluding steroid dienone is 2. The van der Waals surface area contributed by atoms with E-state index in [0.717, 1.165) is 5.75 Å². The number of fused-ring (bicyclic) bond motifs is 2. The molecule has 0 amide bonds. The van der Waals surface area contributed by atoms with Crippen LogP contribution in [0.25, 0.3) is 21.9 Å². The van der Waals surface area contributed by atoms with E-state index in [4.69, 9.17) is 4.74 Å². The molecule has 3 aromatic rings. The lowest BCUT2D eigenvalue weighted by atomic mass is 10.0. The van der Waals surface area contributed by atoms with Gasteiger partial charge in [-0.25, -0.2) is 0 Å². The van der Waals surface area contributed by atoms with E-state index in [2.05, 4.69) is 95.1 Å². The average Bonchev–Trinajstić information content (AvgIpc) is 3.41. The van der Waals surface area contributed by atoms with Gasteiger partial charge in [-0.05, 0) is 70.6 Å². The van der Waals surface area contributed by atoms with Crippen LogP contribution in [0.1, 0.15) is 17.4 Å². The highest BCUT2D eigenvalue weighted by Crippen LogP contribution is 2.46. The molecule has 1 aliphatic carbocycles. The van der Waals surface area contributed by atoms with E-state index in [0.29, 0.717) is 11.9 Å². The summed E-state index contributed by atoms with van der Waals surface area (Å²) < 4.78 is 7.99. The smallest absolute Gasteiger partial charge is 0.127 e. The number of thiophene rings is 1. The fraction of sp³-hybridized carbons (Fsp3) is 0.241. The minimum atomic E-state index is -2.10. The van der Waals surface area contributed by atoms with Crippen LogP contribution in [0.15, 0.2) is 72.2 Å². The van der Waals surface area contributed by atoms with E-state index in [9.17, 15) is 0 Å². The summed E-state index contributed by atoms with van der Waals surface area (Å²) in [4.78, 5) is 2.82. The molecule has 1 atom stereocenters. The van der Waals surface area contributed by atoms with Crippen molar-refractivity contribution in [1.29, 1.82) is 0 Å². The molecule has 0 N–H and O–H groups in total. The molecule has 0 spiro atoms. The first-order chi connectivity index (χ1) is 15.8. The fourth-order valence-electron chi connectivity index (χ4n) is 5.18. The summed E-state index contributed by atoms with van der Waals surface area (Å²) in [5.74, 6) is 1.03. The van der Waals surface area contributed by atoms with Gasteiger partial charge in [0.2, 0.25) is 0 Å². The first-order valence-electron chi connectivity index (χ1n) is 11.5. The quantitative estimate of drug-likeness (QED) is 0.308. The van der Waals surface area contributed by atoms with Gasteiger partial charge in [-0.2, -0.15) is 0 Å². The van der Waals surface area contributed by atoms with Crippen molar-refractivity contribution < 1.29 is 4.74 Å². The van der Waals surface area contributed by atoms with Crippen molar-refractivity contribution in [3.63, 3.8) is 0 Å². The van der Waals surface area contributed by atoms with Crippen LogP contribution in [0.3, 0.4) is 0 Å². The maximum Gasteiger partial charge on any atom is 0.127 e. The number of hydrogen-bond donors (Lipinski definition) is 0. The van der Waals surface area contributed by atoms with Crippen LogP contribution in [0.2, 0.25) is 13.1 Å². The van der Waals surface area contributed by atoms with Gasteiger partial charge < -0.3 is 4.74 Å². The predicted octanol–water partition coefficient (Wildman–Crippen LogP) is 6.09. The molecule has 0 radical (unpaired) electrons. The summed E-state index contributed by atoms with van der Waals surface area (Å²) in [7, 11) is -2.10. The number of thioether (sulfide) groups is 1. The lowest BCUT2D eigenvalue weighted by molar-refractivity contribution is 0.367. The van der Waals surface area contributed by atoms with Gasteiger partial charge in [0, 0.05) is 15.0 Å². The van der Waals surface area contributed by atoms with Gasteiger partial charge in [0.25, 0.3) is 0 Å². The monoisotopic (exact) mass is 486 g/mol. The summed E-state index contributed by atoms with van der Waals surface area (Å²) >= 11 is 4.00. The minimum Gasteiger partial charge on any atom is -0.489 e. The normalized spacial score (nSPS) is 17.1. The summed E-state index contributed by atoms with van der Waals surface area (Å²) in [6.07, 6.45) is 4.26. The Bertz CT molecular complexity index is 1410. The van der Waals surface area contributed by atoms with E-state index in [1.54, 1.807) is 5.20 Å². The highest BCUT2D eigenvalue weighted by Gasteiger charge is 2.43. The first kappa shape index (κ1) is 22.5. The highest BCUT2D eigenvalue weighted by molar-refractivity contribution is 8.05. The third-order valence-electron chi connectivity index (χ3n) is 6.63. The second-order valence-corrected chi connectivity index (χ2v) is 16.4. The second kappa shape index (κ2) is 8.50. The van der Waals surface area contributed by atoms with Crippen molar-refractivity contribution in [2.24, 2.45) is 0 Å². The molecular formula is C29H30OS2Si. The molecule has 33 heavy (non-hydrogen) atoms. The standard InChI is InChI=1S/C29H30OS2Si/c1-7-13-30-26-22(21-11-9-8-10-12-21)14-18(2)15-25(26)33(5,6)29-27-23(16-19(3)31-27)24-17-20(4)32-28(24)29/h7-12,14-17,27H,1,13H2,2-6H3. The predicted molar refractivity (Wildman–Crippen MR) is 150 cm³/mol. The molecule has 168 valence electrons. The lowest BCUT2D eigenvalue weighted by Crippen LogP contribution is -2.48. The molecular weight excluding hydrogens is 457 g/mol. The number of benzene rings is 2. The summed E-state index contributed by atoms with van der Waals surface area (Å²) in [5.41, 5.74) is 5.19. The minimum absolute atomic E-state index is 0.446. The van der Waals surface area contributed by atoms with Crippen molar-refractivity contribution in [2.45, 2.75) is 39.1 Å². The second-order valence-electron chi connectivity index (χ2n) is 9.50. The van der Waals surface area contributed by atoms with Gasteiger partial charge in [-0.1, -0.05) is 67.7 Å². The molecule has 1 aromatic heterocycles. The van der Waals surface area contributed by atoms with Crippen molar-refractivity contribution in [3.05, 3.63) is 92.4 Å². The molecule has 0 saturated heterocycles. The number of hydrogen-bond acceptors (Lipinski definition) is 3. The lowest BCUT2D eigenvalue weighted by Gasteiger charge is -2.32. The van der Waals surface area contributed by atoms with Crippen LogP contribution in [-0.2, 0) is 0 Å². The molecule has 0 fully saturated rings. The molecule has 1 aliphatic heterocycles. The summed E-state index contributed by atoms with van der Waals surface area (Å²) in [6, 6.07) is 17.7. The molecule has 1 nitrogen and oxygen atoms in total. The zero-order valence-corrected chi connectivity index (χ0v) is 22.6. The molecule has 2 aromatic carbocycles. The van der Waals surface area contributed by atoms with Gasteiger partial charge >= 0.3 is 0 Å². The van der Waals surface area contributed by atoms with Gasteiger partial charge in [-0.15, -0.1) is 23.1 Å². The molecule has 1 unspecified atom stereocenters. The zero-order chi connectivity index (χ0) is 23.3. The Balaban J connectivity index is 1.77. The Hall–Kier alpha value is -2.27. The van der Waals surface area contributed by atoms with Gasteiger partial charge in [0.05, 0.1) is 5.25 Å². The van der Waals surface area contributed by atoms with E-state index in [-0.39, 0.29) is 0 Å². The molecule has 5 rings (SSSR count). The Morgan fingerprint density at radius 1 is 1.06 bits per heavy atom. The van der Waals surface area contributed by atoms with Gasteiger partial charge in [0.1, 0.15) is 20.4 Å². The third kappa shape index (κ3) is 3.78. The zero-order valence-electron chi connectivity index (χ0n) is 20.0. The van der Waals surface area contributed by atoms with Gasteiger partial charge in [-0.3, -0.25) is 0 Å². The van der Waals surface area contributed by atoms with Gasteiger partial charge in [0.15, 0.2) is 0 Å². The first-order valence-corrected chi connectivity index (χ1v) is 16.2. The van der Waals surface area contributed by atoms with E-state index in [1.165, 1.54) is 47.0 Å². The fourth-order valence-corrected chi connectivity index (χ4v) is 12.5. The van der Waals surface area contributed by atoms with Crippen LogP contribution in [0, 0.1) is 13.8 Å². The Morgan fingerprint density at radius 3 is 2.55 bits per heavy atom. The highest BCUT2D eigenvalue weighted by atomic mass is 32.2. The van der Waals surface area contributed by atoms with Crippen molar-refractivity contribution >= 4 is 47.1 Å². The average molecular weight is 487 g/mol. The van der Waals surface area contributed by atoms with Crippen LogP contribution >= 0.6 is 23.1 Å². The van der Waals surface area contributed by atoms with E-state index in [1.807, 2.05) is 29.2 Å². The van der Waals surface area contributed by atoms with Crippen LogP contribution < -0.4 is 19.7 Å². The Kier molecular flexibility index (Phi) is 5.80. The van der Waals surface area contributed by atoms with Crippen LogP contribution in [-0.4, -0.2) is 19.9 Å². The molecule has 0 saturated carbocycles. The third-order valence-corrected chi connectivity index (χ3v) is 12.9. The Labute approximate surface area is 206 Å². The number of aryl methyl sites for hydroxylation is 2. The topological polar surface area (TPSA) is 9.23 Å². The maximum absolute atomic E-state index is 6.48. The van der Waals surface area contributed by atoms with E-state index >= 15 is 0 Å². The largest absolute Gasteiger partial charge is 0.489 e. The van der Waals surface area contributed by atoms with Crippen LogP contribution in [0.5, 0.6) is 5.75 Å². The Morgan fingerprint density at radius 2 is 1.82 bits per heavy atom.